The number of hydrogen-bond acceptors (Lipinski definition) is 15. The Morgan fingerprint density at radius 2 is 1.98 bits per heavy atom. The number of carbonyl (C=O) groups is 1. The number of aromatic amines is 1. The molecule has 3 aromatic rings. The van der Waals surface area contributed by atoms with Crippen molar-refractivity contribution in [2.45, 2.75) is 31.1 Å². The van der Waals surface area contributed by atoms with Crippen molar-refractivity contribution in [3.8, 4) is 0 Å². The van der Waals surface area contributed by atoms with Crippen molar-refractivity contribution in [3.63, 3.8) is 0 Å². The molecule has 1 fully saturated rings. The summed E-state index contributed by atoms with van der Waals surface area (Å²) in [6.45, 7) is -1.07. The van der Waals surface area contributed by atoms with E-state index in [9.17, 15) is 28.3 Å². The van der Waals surface area contributed by atoms with Gasteiger partial charge in [-0.2, -0.15) is 20.0 Å². The number of thiophene rings is 1. The lowest BCUT2D eigenvalue weighted by molar-refractivity contribution is -0.133. The molecule has 0 aromatic carbocycles. The van der Waals surface area contributed by atoms with Crippen LogP contribution in [-0.2, 0) is 52.4 Å². The summed E-state index contributed by atoms with van der Waals surface area (Å²) in [4.78, 5) is 60.2. The SMILES string of the molecule is COC1[C@@H](COP(=O)(O)OP(=O)(O)OP(=O)(O)O)O[C@@H](n2cnc3c(=S)nc(N)[nH]c32)[C@H]1OCC(=O)NCc1ccsc1. The minimum atomic E-state index is -5.75. The lowest BCUT2D eigenvalue weighted by Gasteiger charge is -2.24. The number of phosphoric ester groups is 1. The van der Waals surface area contributed by atoms with E-state index >= 15 is 0 Å². The number of rotatable bonds is 14. The Morgan fingerprint density at radius 3 is 2.63 bits per heavy atom. The zero-order valence-electron chi connectivity index (χ0n) is 21.7. The van der Waals surface area contributed by atoms with E-state index in [1.807, 2.05) is 16.8 Å². The van der Waals surface area contributed by atoms with E-state index in [0.29, 0.717) is 0 Å². The first kappa shape index (κ1) is 33.9. The number of aromatic nitrogens is 4. The Bertz CT molecular complexity index is 1650. The van der Waals surface area contributed by atoms with Crippen LogP contribution in [0.1, 0.15) is 11.8 Å². The molecule has 8 N–H and O–H groups in total. The summed E-state index contributed by atoms with van der Waals surface area (Å²) in [7, 11) is -15.6. The Labute approximate surface area is 250 Å². The third kappa shape index (κ3) is 9.04. The monoisotopic (exact) mass is 706 g/mol. The van der Waals surface area contributed by atoms with E-state index in [1.165, 1.54) is 29.3 Å². The Balaban J connectivity index is 1.54. The minimum Gasteiger partial charge on any atom is -0.376 e. The first-order valence-electron chi connectivity index (χ1n) is 11.7. The molecule has 3 unspecified atom stereocenters. The quantitative estimate of drug-likeness (QED) is 0.0912. The average molecular weight is 706 g/mol. The smallest absolute Gasteiger partial charge is 0.376 e. The number of methoxy groups -OCH3 is 1. The summed E-state index contributed by atoms with van der Waals surface area (Å²) in [6, 6.07) is 1.84. The minimum absolute atomic E-state index is 0.0463. The molecule has 25 heteroatoms. The number of phosphoric acid groups is 3. The first-order valence-corrected chi connectivity index (χ1v) is 17.5. The number of fused-ring (bicyclic) bond motifs is 1. The van der Waals surface area contributed by atoms with Gasteiger partial charge in [-0.3, -0.25) is 13.9 Å². The normalized spacial score (nSPS) is 23.7. The molecule has 1 amide bonds. The van der Waals surface area contributed by atoms with Gasteiger partial charge >= 0.3 is 23.5 Å². The van der Waals surface area contributed by atoms with Crippen molar-refractivity contribution in [2.24, 2.45) is 0 Å². The van der Waals surface area contributed by atoms with Gasteiger partial charge < -0.3 is 49.8 Å². The van der Waals surface area contributed by atoms with Gasteiger partial charge in [-0.15, -0.1) is 0 Å². The van der Waals surface area contributed by atoms with E-state index in [1.54, 1.807) is 0 Å². The van der Waals surface area contributed by atoms with Crippen LogP contribution in [0.3, 0.4) is 0 Å². The number of hydrogen-bond donors (Lipinski definition) is 7. The fourth-order valence-electron chi connectivity index (χ4n) is 3.96. The van der Waals surface area contributed by atoms with E-state index in [-0.39, 0.29) is 28.3 Å². The topological polar surface area (TPSA) is 289 Å². The van der Waals surface area contributed by atoms with Crippen LogP contribution in [0.4, 0.5) is 5.95 Å². The number of carbonyl (C=O) groups excluding carboxylic acids is 1. The molecule has 0 spiro atoms. The zero-order chi connectivity index (χ0) is 31.6. The number of ether oxygens (including phenoxy) is 3. The van der Waals surface area contributed by atoms with Gasteiger partial charge in [0.2, 0.25) is 5.91 Å². The summed E-state index contributed by atoms with van der Waals surface area (Å²) >= 11 is 6.67. The number of nitrogens with one attached hydrogen (secondary N) is 2. The van der Waals surface area contributed by atoms with Gasteiger partial charge in [-0.05, 0) is 22.4 Å². The van der Waals surface area contributed by atoms with Crippen LogP contribution in [0.25, 0.3) is 11.2 Å². The van der Waals surface area contributed by atoms with Crippen LogP contribution in [0.2, 0.25) is 0 Å². The molecular formula is C18H25N6O14P3S2. The molecule has 6 atom stereocenters. The number of nitrogen functional groups attached to an aromatic ring is 1. The highest BCUT2D eigenvalue weighted by Crippen LogP contribution is 2.66. The Hall–Kier alpha value is -1.97. The van der Waals surface area contributed by atoms with Gasteiger partial charge in [-0.1, -0.05) is 12.2 Å². The van der Waals surface area contributed by atoms with Crippen molar-refractivity contribution >= 4 is 70.0 Å². The molecule has 1 aliphatic rings. The molecule has 43 heavy (non-hydrogen) atoms. The second-order valence-electron chi connectivity index (χ2n) is 8.61. The second kappa shape index (κ2) is 13.6. The molecule has 0 radical (unpaired) electrons. The molecule has 0 saturated carbocycles. The third-order valence-electron chi connectivity index (χ3n) is 5.59. The van der Waals surface area contributed by atoms with Gasteiger partial charge in [0.1, 0.15) is 36.1 Å². The van der Waals surface area contributed by atoms with E-state index < -0.39 is 67.1 Å². The largest absolute Gasteiger partial charge is 0.490 e. The lowest BCUT2D eigenvalue weighted by atomic mass is 10.1. The van der Waals surface area contributed by atoms with Gasteiger partial charge in [0, 0.05) is 13.7 Å². The Kier molecular flexibility index (Phi) is 10.7. The first-order chi connectivity index (χ1) is 20.1. The van der Waals surface area contributed by atoms with Crippen LogP contribution in [0.5, 0.6) is 0 Å². The van der Waals surface area contributed by atoms with Crippen LogP contribution < -0.4 is 11.1 Å². The van der Waals surface area contributed by atoms with Crippen molar-refractivity contribution in [1.82, 2.24) is 24.8 Å². The molecule has 3 aromatic heterocycles. The molecule has 0 aliphatic carbocycles. The molecule has 4 heterocycles. The standard InChI is InChI=1S/C18H25N6O14P3S2/c1-33-13-10(5-35-40(29,30)38-41(31,32)37-39(26,27)28)36-17(24-8-21-12-15(24)22-18(19)23-16(12)42)14(13)34-6-11(25)20-4-9-2-3-43-7-9/h2-3,7-8,10,13-14,17H,4-6H2,1H3,(H,20,25)(H,29,30)(H,31,32)(H2,26,27,28)(H3,19,22,23,42)/t10-,13?,14+,17-/m1/s1. The summed E-state index contributed by atoms with van der Waals surface area (Å²) in [6.07, 6.45) is -3.32. The summed E-state index contributed by atoms with van der Waals surface area (Å²) in [5.41, 5.74) is 7.18. The molecule has 0 bridgehead atoms. The van der Waals surface area contributed by atoms with Gasteiger partial charge in [0.05, 0.1) is 12.9 Å². The van der Waals surface area contributed by atoms with Gasteiger partial charge in [0.25, 0.3) is 0 Å². The predicted octanol–water partition coefficient (Wildman–Crippen LogP) is 1.09. The Morgan fingerprint density at radius 1 is 1.23 bits per heavy atom. The van der Waals surface area contributed by atoms with Crippen molar-refractivity contribution in [3.05, 3.63) is 33.4 Å². The third-order valence-corrected chi connectivity index (χ3v) is 10.4. The molecule has 4 rings (SSSR count). The number of nitrogens with zero attached hydrogens (tertiary/aromatic N) is 3. The number of imidazole rings is 1. The molecule has 1 aliphatic heterocycles. The van der Waals surface area contributed by atoms with Crippen LogP contribution in [0, 0.1) is 4.64 Å². The van der Waals surface area contributed by atoms with E-state index in [0.717, 1.165) is 5.56 Å². The molecule has 20 nitrogen and oxygen atoms in total. The fourth-order valence-corrected chi connectivity index (χ4v) is 7.91. The van der Waals surface area contributed by atoms with Crippen molar-refractivity contribution in [1.29, 1.82) is 0 Å². The van der Waals surface area contributed by atoms with E-state index in [4.69, 9.17) is 46.5 Å². The maximum atomic E-state index is 12.5. The summed E-state index contributed by atoms with van der Waals surface area (Å²) in [5, 5.41) is 6.41. The second-order valence-corrected chi connectivity index (χ2v) is 14.2. The number of H-pyrrole nitrogens is 1. The van der Waals surface area contributed by atoms with Crippen LogP contribution in [0.15, 0.2) is 23.2 Å². The zero-order valence-corrected chi connectivity index (χ0v) is 26.0. The number of nitrogens with two attached hydrogens (primary N) is 1. The van der Waals surface area contributed by atoms with Crippen molar-refractivity contribution in [2.75, 3.05) is 26.1 Å². The maximum absolute atomic E-state index is 12.5. The summed E-state index contributed by atoms with van der Waals surface area (Å²) in [5.74, 6) is -0.533. The summed E-state index contributed by atoms with van der Waals surface area (Å²) < 4.78 is 65.9. The van der Waals surface area contributed by atoms with E-state index in [2.05, 4.69) is 28.9 Å². The molecule has 1 saturated heterocycles. The van der Waals surface area contributed by atoms with Gasteiger partial charge in [0.15, 0.2) is 16.8 Å². The highest BCUT2D eigenvalue weighted by Gasteiger charge is 2.49. The molecule has 238 valence electrons. The predicted molar refractivity (Wildman–Crippen MR) is 148 cm³/mol. The highest BCUT2D eigenvalue weighted by atomic mass is 32.1. The fraction of sp³-hybridized carbons (Fsp3) is 0.444. The van der Waals surface area contributed by atoms with Crippen LogP contribution >= 0.6 is 47.0 Å². The molecular weight excluding hydrogens is 681 g/mol. The lowest BCUT2D eigenvalue weighted by Crippen LogP contribution is -2.40. The number of amides is 1. The maximum Gasteiger partial charge on any atom is 0.490 e. The average Bonchev–Trinajstić information content (AvgIpc) is 3.61. The highest BCUT2D eigenvalue weighted by molar-refractivity contribution is 7.71. The van der Waals surface area contributed by atoms with Crippen LogP contribution in [-0.4, -0.2) is 83.6 Å². The van der Waals surface area contributed by atoms with Crippen molar-refractivity contribution < 1.29 is 65.4 Å². The number of anilines is 1. The van der Waals surface area contributed by atoms with Gasteiger partial charge in [-0.25, -0.2) is 23.7 Å².